The first-order valence-electron chi connectivity index (χ1n) is 8.89. The summed E-state index contributed by atoms with van der Waals surface area (Å²) in [6.45, 7) is 4.19. The summed E-state index contributed by atoms with van der Waals surface area (Å²) in [6, 6.07) is 7.15. The number of ether oxygens (including phenoxy) is 1. The van der Waals surface area contributed by atoms with Crippen LogP contribution in [0.15, 0.2) is 30.5 Å². The molecule has 0 bridgehead atoms. The van der Waals surface area contributed by atoms with Crippen LogP contribution in [0.1, 0.15) is 24.2 Å². The van der Waals surface area contributed by atoms with E-state index in [4.69, 9.17) is 10.5 Å². The topological polar surface area (TPSA) is 119 Å². The minimum Gasteiger partial charge on any atom is -0.476 e. The van der Waals surface area contributed by atoms with Gasteiger partial charge in [-0.15, -0.1) is 0 Å². The van der Waals surface area contributed by atoms with E-state index < -0.39 is 0 Å². The Morgan fingerprint density at radius 1 is 1.21 bits per heavy atom. The number of hydrogen-bond acceptors (Lipinski definition) is 8. The molecule has 9 heteroatoms. The lowest BCUT2D eigenvalue weighted by atomic mass is 10.1. The van der Waals surface area contributed by atoms with Gasteiger partial charge in [0, 0.05) is 11.1 Å². The molecule has 0 spiro atoms. The summed E-state index contributed by atoms with van der Waals surface area (Å²) >= 11 is 0. The predicted molar refractivity (Wildman–Crippen MR) is 107 cm³/mol. The molecule has 0 aliphatic carbocycles. The number of carbonyl (C=O) groups is 1. The second-order valence-corrected chi connectivity index (χ2v) is 6.44. The Morgan fingerprint density at radius 3 is 2.57 bits per heavy atom. The van der Waals surface area contributed by atoms with Gasteiger partial charge in [-0.1, -0.05) is 12.1 Å². The summed E-state index contributed by atoms with van der Waals surface area (Å²) < 4.78 is 5.51. The van der Waals surface area contributed by atoms with Crippen LogP contribution in [0.3, 0.4) is 0 Å². The number of anilines is 1. The number of nitrogens with one attached hydrogen (secondary N) is 1. The zero-order valence-electron chi connectivity index (χ0n) is 16.3. The molecule has 0 saturated carbocycles. The van der Waals surface area contributed by atoms with Gasteiger partial charge in [-0.25, -0.2) is 9.97 Å². The fraction of sp³-hybridized carbons (Fsp3) is 0.316. The van der Waals surface area contributed by atoms with Crippen LogP contribution in [0.5, 0.6) is 5.88 Å². The Morgan fingerprint density at radius 2 is 1.93 bits per heavy atom. The second kappa shape index (κ2) is 8.13. The summed E-state index contributed by atoms with van der Waals surface area (Å²) in [7, 11) is 3.81. The highest BCUT2D eigenvalue weighted by Crippen LogP contribution is 2.24. The SMILES string of the molecule is CCOc1nc(N)nc2ncc(-c3ccc(C(=O)NC(C)N(C)C)cc3)nc12. The highest BCUT2D eigenvalue weighted by Gasteiger charge is 2.14. The van der Waals surface area contributed by atoms with Gasteiger partial charge in [-0.05, 0) is 40.1 Å². The first kappa shape index (κ1) is 19.4. The van der Waals surface area contributed by atoms with Gasteiger partial charge in [0.05, 0.1) is 24.7 Å². The molecule has 3 N–H and O–H groups in total. The van der Waals surface area contributed by atoms with E-state index >= 15 is 0 Å². The van der Waals surface area contributed by atoms with Gasteiger partial charge in [-0.2, -0.15) is 9.97 Å². The van der Waals surface area contributed by atoms with Gasteiger partial charge in [0.15, 0.2) is 11.2 Å². The molecule has 1 atom stereocenters. The minimum absolute atomic E-state index is 0.0667. The fourth-order valence-electron chi connectivity index (χ4n) is 2.47. The van der Waals surface area contributed by atoms with Crippen LogP contribution in [0.2, 0.25) is 0 Å². The van der Waals surface area contributed by atoms with E-state index in [0.717, 1.165) is 5.56 Å². The smallest absolute Gasteiger partial charge is 0.252 e. The predicted octanol–water partition coefficient (Wildman–Crippen LogP) is 1.71. The zero-order chi connectivity index (χ0) is 20.3. The van der Waals surface area contributed by atoms with E-state index in [2.05, 4.69) is 25.3 Å². The molecule has 9 nitrogen and oxygen atoms in total. The van der Waals surface area contributed by atoms with Crippen molar-refractivity contribution in [3.63, 3.8) is 0 Å². The average molecular weight is 381 g/mol. The molecule has 1 aromatic carbocycles. The average Bonchev–Trinajstić information content (AvgIpc) is 2.68. The number of rotatable bonds is 6. The number of carbonyl (C=O) groups excluding carboxylic acids is 1. The van der Waals surface area contributed by atoms with Crippen molar-refractivity contribution in [2.45, 2.75) is 20.0 Å². The van der Waals surface area contributed by atoms with E-state index in [-0.39, 0.29) is 18.0 Å². The van der Waals surface area contributed by atoms with Crippen LogP contribution in [0, 0.1) is 0 Å². The van der Waals surface area contributed by atoms with Crippen molar-refractivity contribution >= 4 is 23.0 Å². The van der Waals surface area contributed by atoms with Gasteiger partial charge < -0.3 is 15.8 Å². The molecule has 0 aliphatic heterocycles. The summed E-state index contributed by atoms with van der Waals surface area (Å²) in [5, 5.41) is 2.92. The first-order chi connectivity index (χ1) is 13.4. The number of aromatic nitrogens is 4. The van der Waals surface area contributed by atoms with Gasteiger partial charge in [0.25, 0.3) is 5.91 Å². The van der Waals surface area contributed by atoms with Crippen molar-refractivity contribution in [3.05, 3.63) is 36.0 Å². The fourth-order valence-corrected chi connectivity index (χ4v) is 2.47. The Hall–Kier alpha value is -3.33. The first-order valence-corrected chi connectivity index (χ1v) is 8.89. The van der Waals surface area contributed by atoms with Crippen molar-refractivity contribution in [2.24, 2.45) is 0 Å². The Balaban J connectivity index is 1.89. The lowest BCUT2D eigenvalue weighted by Gasteiger charge is -2.21. The van der Waals surface area contributed by atoms with Crippen LogP contribution in [0.25, 0.3) is 22.4 Å². The largest absolute Gasteiger partial charge is 0.476 e. The molecule has 2 heterocycles. The van der Waals surface area contributed by atoms with Crippen LogP contribution in [-0.4, -0.2) is 57.6 Å². The Kier molecular flexibility index (Phi) is 5.65. The highest BCUT2D eigenvalue weighted by molar-refractivity contribution is 5.94. The van der Waals surface area contributed by atoms with Crippen molar-refractivity contribution < 1.29 is 9.53 Å². The van der Waals surface area contributed by atoms with E-state index in [1.807, 2.05) is 45.0 Å². The van der Waals surface area contributed by atoms with Gasteiger partial charge in [0.1, 0.15) is 0 Å². The standard InChI is InChI=1S/C19H23N7O2/c1-5-28-18-15-16(24-19(20)25-18)21-10-14(23-15)12-6-8-13(9-7-12)17(27)22-11(2)26(3)4/h6-11H,5H2,1-4H3,(H,22,27)(H2,20,21,24,25). The molecule has 28 heavy (non-hydrogen) atoms. The van der Waals surface area contributed by atoms with Gasteiger partial charge in [0.2, 0.25) is 11.8 Å². The van der Waals surface area contributed by atoms with Gasteiger partial charge in [-0.3, -0.25) is 9.69 Å². The molecule has 3 rings (SSSR count). The molecule has 1 unspecified atom stereocenters. The summed E-state index contributed by atoms with van der Waals surface area (Å²) in [5.41, 5.74) is 8.50. The van der Waals surface area contributed by atoms with Crippen LogP contribution >= 0.6 is 0 Å². The number of hydrogen-bond donors (Lipinski definition) is 2. The van der Waals surface area contributed by atoms with Crippen LogP contribution in [-0.2, 0) is 0 Å². The lowest BCUT2D eigenvalue weighted by molar-refractivity contribution is 0.0900. The molecule has 0 saturated heterocycles. The Labute approximate surface area is 163 Å². The van der Waals surface area contributed by atoms with E-state index in [1.54, 1.807) is 18.3 Å². The van der Waals surface area contributed by atoms with Crippen molar-refractivity contribution in [2.75, 3.05) is 26.4 Å². The van der Waals surface area contributed by atoms with E-state index in [9.17, 15) is 4.79 Å². The third-order valence-electron chi connectivity index (χ3n) is 4.23. The maximum Gasteiger partial charge on any atom is 0.252 e. The molecule has 0 fully saturated rings. The quantitative estimate of drug-likeness (QED) is 0.619. The highest BCUT2D eigenvalue weighted by atomic mass is 16.5. The monoisotopic (exact) mass is 381 g/mol. The maximum absolute atomic E-state index is 12.3. The third kappa shape index (κ3) is 4.15. The summed E-state index contributed by atoms with van der Waals surface area (Å²) in [4.78, 5) is 31.3. The molecule has 2 aromatic heterocycles. The van der Waals surface area contributed by atoms with Crippen molar-refractivity contribution in [1.82, 2.24) is 30.2 Å². The van der Waals surface area contributed by atoms with Crippen LogP contribution in [0.4, 0.5) is 5.95 Å². The number of amides is 1. The molecular formula is C19H23N7O2. The molecular weight excluding hydrogens is 358 g/mol. The number of fused-ring (bicyclic) bond motifs is 1. The number of nitrogen functional groups attached to an aromatic ring is 1. The number of nitrogens with two attached hydrogens (primary N) is 1. The van der Waals surface area contributed by atoms with E-state index in [0.29, 0.717) is 34.9 Å². The van der Waals surface area contributed by atoms with E-state index in [1.165, 1.54) is 0 Å². The zero-order valence-corrected chi connectivity index (χ0v) is 16.3. The third-order valence-corrected chi connectivity index (χ3v) is 4.23. The second-order valence-electron chi connectivity index (χ2n) is 6.44. The Bertz CT molecular complexity index is 989. The molecule has 1 amide bonds. The van der Waals surface area contributed by atoms with Crippen molar-refractivity contribution in [3.8, 4) is 17.1 Å². The molecule has 0 aliphatic rings. The van der Waals surface area contributed by atoms with Gasteiger partial charge >= 0.3 is 0 Å². The summed E-state index contributed by atoms with van der Waals surface area (Å²) in [6.07, 6.45) is 1.54. The summed E-state index contributed by atoms with van der Waals surface area (Å²) in [5.74, 6) is 0.244. The molecule has 0 radical (unpaired) electrons. The molecule has 146 valence electrons. The number of nitrogens with zero attached hydrogens (tertiary/aromatic N) is 5. The van der Waals surface area contributed by atoms with Crippen LogP contribution < -0.4 is 15.8 Å². The molecule has 3 aromatic rings. The lowest BCUT2D eigenvalue weighted by Crippen LogP contribution is -2.42. The normalized spacial score (nSPS) is 12.2. The van der Waals surface area contributed by atoms with Crippen molar-refractivity contribution in [1.29, 1.82) is 0 Å². The number of benzene rings is 1. The minimum atomic E-state index is -0.139. The maximum atomic E-state index is 12.3.